The molecule has 2 atom stereocenters. The Labute approximate surface area is 144 Å². The minimum Gasteiger partial charge on any atom is -0.354 e. The van der Waals surface area contributed by atoms with Gasteiger partial charge < -0.3 is 9.80 Å². The molecule has 4 fully saturated rings. The molecule has 24 heavy (non-hydrogen) atoms. The molecular formula is C18H28N6. The van der Waals surface area contributed by atoms with Crippen LogP contribution in [-0.2, 0) is 0 Å². The maximum Gasteiger partial charge on any atom is 0.134 e. The van der Waals surface area contributed by atoms with Crippen LogP contribution in [-0.4, -0.2) is 84.2 Å². The number of anilines is 2. The van der Waals surface area contributed by atoms with Crippen LogP contribution in [0.3, 0.4) is 0 Å². The van der Waals surface area contributed by atoms with Crippen molar-refractivity contribution in [2.45, 2.75) is 37.8 Å². The maximum atomic E-state index is 4.60. The standard InChI is InChI=1S/C18H28N6/c1-3-15-12-23(9-7-21(15)5-1)17-11-18(20-14-19-17)24-10-8-22-6-2-4-16(22)13-24/h11,14-16H,1-10,12-13H2. The molecule has 1 aromatic rings. The van der Waals surface area contributed by atoms with Crippen molar-refractivity contribution in [2.24, 2.45) is 0 Å². The molecule has 4 aliphatic rings. The van der Waals surface area contributed by atoms with Crippen LogP contribution >= 0.6 is 0 Å². The summed E-state index contributed by atoms with van der Waals surface area (Å²) >= 11 is 0. The molecule has 1 aromatic heterocycles. The van der Waals surface area contributed by atoms with E-state index in [4.69, 9.17) is 0 Å². The predicted octanol–water partition coefficient (Wildman–Crippen LogP) is 1.05. The molecule has 4 saturated heterocycles. The highest BCUT2D eigenvalue weighted by Crippen LogP contribution is 2.28. The fraction of sp³-hybridized carbons (Fsp3) is 0.778. The zero-order valence-corrected chi connectivity index (χ0v) is 14.5. The van der Waals surface area contributed by atoms with E-state index in [0.717, 1.165) is 49.9 Å². The minimum absolute atomic E-state index is 0.735. The van der Waals surface area contributed by atoms with E-state index in [1.54, 1.807) is 6.33 Å². The van der Waals surface area contributed by atoms with Crippen LogP contribution < -0.4 is 9.80 Å². The third-order valence-corrected chi connectivity index (χ3v) is 6.46. The molecular weight excluding hydrogens is 300 g/mol. The Hall–Kier alpha value is -1.40. The Morgan fingerprint density at radius 3 is 1.79 bits per heavy atom. The Bertz CT molecular complexity index is 545. The summed E-state index contributed by atoms with van der Waals surface area (Å²) < 4.78 is 0. The van der Waals surface area contributed by atoms with Gasteiger partial charge in [-0.1, -0.05) is 0 Å². The number of fused-ring (bicyclic) bond motifs is 2. The van der Waals surface area contributed by atoms with Crippen LogP contribution in [0, 0.1) is 0 Å². The molecule has 130 valence electrons. The molecule has 0 bridgehead atoms. The minimum atomic E-state index is 0.735. The van der Waals surface area contributed by atoms with E-state index in [0.29, 0.717) is 0 Å². The summed E-state index contributed by atoms with van der Waals surface area (Å²) in [7, 11) is 0. The quantitative estimate of drug-likeness (QED) is 0.808. The molecule has 0 amide bonds. The van der Waals surface area contributed by atoms with Gasteiger partial charge in [-0.2, -0.15) is 0 Å². The lowest BCUT2D eigenvalue weighted by molar-refractivity contribution is 0.229. The Kier molecular flexibility index (Phi) is 3.82. The summed E-state index contributed by atoms with van der Waals surface area (Å²) in [6, 6.07) is 3.70. The van der Waals surface area contributed by atoms with Crippen LogP contribution in [0.2, 0.25) is 0 Å². The van der Waals surface area contributed by atoms with Crippen molar-refractivity contribution in [3.63, 3.8) is 0 Å². The molecule has 6 nitrogen and oxygen atoms in total. The number of nitrogens with zero attached hydrogens (tertiary/aromatic N) is 6. The van der Waals surface area contributed by atoms with Gasteiger partial charge in [0.15, 0.2) is 0 Å². The number of hydrogen-bond donors (Lipinski definition) is 0. The average molecular weight is 328 g/mol. The highest BCUT2D eigenvalue weighted by Gasteiger charge is 2.33. The van der Waals surface area contributed by atoms with Gasteiger partial charge in [0.1, 0.15) is 18.0 Å². The van der Waals surface area contributed by atoms with Crippen molar-refractivity contribution in [3.05, 3.63) is 12.4 Å². The van der Waals surface area contributed by atoms with Gasteiger partial charge in [-0.3, -0.25) is 9.80 Å². The van der Waals surface area contributed by atoms with E-state index < -0.39 is 0 Å². The van der Waals surface area contributed by atoms with Gasteiger partial charge in [-0.15, -0.1) is 0 Å². The first-order valence-corrected chi connectivity index (χ1v) is 9.67. The first-order valence-electron chi connectivity index (χ1n) is 9.67. The Morgan fingerprint density at radius 1 is 0.708 bits per heavy atom. The number of piperazine rings is 2. The van der Waals surface area contributed by atoms with E-state index >= 15 is 0 Å². The van der Waals surface area contributed by atoms with Crippen molar-refractivity contribution in [2.75, 3.05) is 62.2 Å². The smallest absolute Gasteiger partial charge is 0.134 e. The molecule has 0 aliphatic carbocycles. The van der Waals surface area contributed by atoms with E-state index in [2.05, 4.69) is 35.6 Å². The molecule has 5 heterocycles. The first kappa shape index (κ1) is 14.9. The van der Waals surface area contributed by atoms with E-state index in [9.17, 15) is 0 Å². The fourth-order valence-electron chi connectivity index (χ4n) is 5.08. The predicted molar refractivity (Wildman–Crippen MR) is 95.6 cm³/mol. The molecule has 0 saturated carbocycles. The topological polar surface area (TPSA) is 38.7 Å². The highest BCUT2D eigenvalue weighted by atomic mass is 15.3. The number of rotatable bonds is 2. The average Bonchev–Trinajstić information content (AvgIpc) is 3.29. The van der Waals surface area contributed by atoms with Gasteiger partial charge in [0.2, 0.25) is 0 Å². The van der Waals surface area contributed by atoms with Crippen molar-refractivity contribution in [3.8, 4) is 0 Å². The van der Waals surface area contributed by atoms with Crippen LogP contribution in [0.4, 0.5) is 11.6 Å². The molecule has 2 unspecified atom stereocenters. The molecule has 0 radical (unpaired) electrons. The lowest BCUT2D eigenvalue weighted by atomic mass is 10.1. The maximum absolute atomic E-state index is 4.60. The van der Waals surface area contributed by atoms with Gasteiger partial charge in [0.05, 0.1) is 0 Å². The normalized spacial score (nSPS) is 31.3. The Morgan fingerprint density at radius 2 is 1.25 bits per heavy atom. The van der Waals surface area contributed by atoms with E-state index in [1.807, 2.05) is 0 Å². The summed E-state index contributed by atoms with van der Waals surface area (Å²) in [6.45, 7) is 9.42. The SMILES string of the molecule is c1nc(N2CCN3CCCC3C2)cc(N2CCN3CCCC3C2)n1. The molecule has 6 heteroatoms. The van der Waals surface area contributed by atoms with Crippen molar-refractivity contribution in [1.29, 1.82) is 0 Å². The van der Waals surface area contributed by atoms with Crippen molar-refractivity contribution < 1.29 is 0 Å². The lowest BCUT2D eigenvalue weighted by Gasteiger charge is -2.39. The summed E-state index contributed by atoms with van der Waals surface area (Å²) in [5.41, 5.74) is 0. The van der Waals surface area contributed by atoms with Crippen molar-refractivity contribution in [1.82, 2.24) is 19.8 Å². The summed E-state index contributed by atoms with van der Waals surface area (Å²) in [5.74, 6) is 2.25. The third kappa shape index (κ3) is 2.65. The van der Waals surface area contributed by atoms with Gasteiger partial charge in [-0.05, 0) is 38.8 Å². The van der Waals surface area contributed by atoms with Gasteiger partial charge in [0, 0.05) is 57.4 Å². The molecule has 0 aromatic carbocycles. The monoisotopic (exact) mass is 328 g/mol. The van der Waals surface area contributed by atoms with E-state index in [1.165, 1.54) is 51.9 Å². The third-order valence-electron chi connectivity index (χ3n) is 6.46. The molecule has 0 spiro atoms. The fourth-order valence-corrected chi connectivity index (χ4v) is 5.08. The summed E-state index contributed by atoms with van der Waals surface area (Å²) in [4.78, 5) is 19.4. The Balaban J connectivity index is 1.31. The van der Waals surface area contributed by atoms with Crippen LogP contribution in [0.15, 0.2) is 12.4 Å². The van der Waals surface area contributed by atoms with E-state index in [-0.39, 0.29) is 0 Å². The first-order chi connectivity index (χ1) is 11.9. The van der Waals surface area contributed by atoms with Gasteiger partial charge in [0.25, 0.3) is 0 Å². The molecule has 4 aliphatic heterocycles. The second kappa shape index (κ2) is 6.15. The zero-order chi connectivity index (χ0) is 15.9. The highest BCUT2D eigenvalue weighted by molar-refractivity contribution is 5.51. The number of hydrogen-bond acceptors (Lipinski definition) is 6. The summed E-state index contributed by atoms with van der Waals surface area (Å²) in [5, 5.41) is 0. The van der Waals surface area contributed by atoms with Gasteiger partial charge >= 0.3 is 0 Å². The largest absolute Gasteiger partial charge is 0.354 e. The van der Waals surface area contributed by atoms with Gasteiger partial charge in [-0.25, -0.2) is 9.97 Å². The second-order valence-corrected chi connectivity index (χ2v) is 7.79. The second-order valence-electron chi connectivity index (χ2n) is 7.79. The molecule has 5 rings (SSSR count). The van der Waals surface area contributed by atoms with Crippen LogP contribution in [0.5, 0.6) is 0 Å². The lowest BCUT2D eigenvalue weighted by Crippen LogP contribution is -2.51. The van der Waals surface area contributed by atoms with Crippen molar-refractivity contribution >= 4 is 11.6 Å². The molecule has 0 N–H and O–H groups in total. The van der Waals surface area contributed by atoms with Crippen LogP contribution in [0.1, 0.15) is 25.7 Å². The summed E-state index contributed by atoms with van der Waals surface area (Å²) in [6.07, 6.45) is 7.18. The zero-order valence-electron chi connectivity index (χ0n) is 14.5. The van der Waals surface area contributed by atoms with Crippen LogP contribution in [0.25, 0.3) is 0 Å². The number of aromatic nitrogens is 2.